The van der Waals surface area contributed by atoms with Crippen LogP contribution < -0.4 is 14.8 Å². The van der Waals surface area contributed by atoms with Crippen molar-refractivity contribution in [1.29, 1.82) is 0 Å². The summed E-state index contributed by atoms with van der Waals surface area (Å²) in [6.07, 6.45) is 3.35. The molecule has 30 heavy (non-hydrogen) atoms. The maximum atomic E-state index is 12.6. The molecule has 1 aliphatic rings. The lowest BCUT2D eigenvalue weighted by molar-refractivity contribution is 0.0935. The molecule has 1 aliphatic heterocycles. The summed E-state index contributed by atoms with van der Waals surface area (Å²) in [6, 6.07) is 16.0. The molecular weight excluding hydrogens is 376 g/mol. The standard InChI is InChI=1S/C25H34N2O3/c1-3-29-23-11-10-22(18-24(23)30-4-2)25(28)26-19-21-13-16-27(17-14-21)15-12-20-8-6-5-7-9-20/h5-11,18,21H,3-4,12-17,19H2,1-2H3,(H,26,28). The zero-order valence-electron chi connectivity index (χ0n) is 18.2. The number of carbonyl (C=O) groups is 1. The minimum Gasteiger partial charge on any atom is -0.490 e. The molecule has 2 aromatic rings. The smallest absolute Gasteiger partial charge is 0.251 e. The summed E-state index contributed by atoms with van der Waals surface area (Å²) in [5.74, 6) is 1.79. The molecule has 3 rings (SSSR count). The Labute approximate surface area is 180 Å². The van der Waals surface area contributed by atoms with Gasteiger partial charge in [0.15, 0.2) is 11.5 Å². The van der Waals surface area contributed by atoms with Gasteiger partial charge >= 0.3 is 0 Å². The maximum Gasteiger partial charge on any atom is 0.251 e. The monoisotopic (exact) mass is 410 g/mol. The molecule has 2 aromatic carbocycles. The molecule has 1 saturated heterocycles. The summed E-state index contributed by atoms with van der Waals surface area (Å²) >= 11 is 0. The van der Waals surface area contributed by atoms with E-state index in [-0.39, 0.29) is 5.91 Å². The first kappa shape index (κ1) is 22.2. The van der Waals surface area contributed by atoms with E-state index in [4.69, 9.17) is 9.47 Å². The van der Waals surface area contributed by atoms with Gasteiger partial charge in [-0.25, -0.2) is 0 Å². The molecule has 5 heteroatoms. The molecule has 0 bridgehead atoms. The van der Waals surface area contributed by atoms with Crippen LogP contribution >= 0.6 is 0 Å². The van der Waals surface area contributed by atoms with E-state index >= 15 is 0 Å². The Hall–Kier alpha value is -2.53. The van der Waals surface area contributed by atoms with Crippen molar-refractivity contribution < 1.29 is 14.3 Å². The van der Waals surface area contributed by atoms with Gasteiger partial charge in [-0.1, -0.05) is 30.3 Å². The highest BCUT2D eigenvalue weighted by atomic mass is 16.5. The van der Waals surface area contributed by atoms with Crippen molar-refractivity contribution in [2.45, 2.75) is 33.1 Å². The Bertz CT molecular complexity index is 786. The first-order valence-electron chi connectivity index (χ1n) is 11.1. The average molecular weight is 411 g/mol. The highest BCUT2D eigenvalue weighted by Crippen LogP contribution is 2.28. The second-order valence-corrected chi connectivity index (χ2v) is 7.76. The van der Waals surface area contributed by atoms with E-state index in [0.29, 0.717) is 36.2 Å². The number of nitrogens with one attached hydrogen (secondary N) is 1. The van der Waals surface area contributed by atoms with Gasteiger partial charge in [-0.3, -0.25) is 4.79 Å². The summed E-state index contributed by atoms with van der Waals surface area (Å²) in [5, 5.41) is 3.11. The van der Waals surface area contributed by atoms with E-state index in [1.165, 1.54) is 5.56 Å². The van der Waals surface area contributed by atoms with Crippen molar-refractivity contribution in [2.75, 3.05) is 39.4 Å². The number of carbonyl (C=O) groups excluding carboxylic acids is 1. The molecule has 5 nitrogen and oxygen atoms in total. The number of hydrogen-bond acceptors (Lipinski definition) is 4. The van der Waals surface area contributed by atoms with Gasteiger partial charge in [-0.05, 0) is 75.9 Å². The Balaban J connectivity index is 1.42. The topological polar surface area (TPSA) is 50.8 Å². The van der Waals surface area contributed by atoms with Crippen LogP contribution in [0.3, 0.4) is 0 Å². The van der Waals surface area contributed by atoms with Crippen molar-refractivity contribution in [3.63, 3.8) is 0 Å². The van der Waals surface area contributed by atoms with Crippen LogP contribution in [0.1, 0.15) is 42.6 Å². The normalized spacial score (nSPS) is 15.0. The fourth-order valence-electron chi connectivity index (χ4n) is 3.88. The van der Waals surface area contributed by atoms with Gasteiger partial charge < -0.3 is 19.7 Å². The van der Waals surface area contributed by atoms with Gasteiger partial charge in [0.1, 0.15) is 0 Å². The molecule has 0 aromatic heterocycles. The molecule has 0 saturated carbocycles. The van der Waals surface area contributed by atoms with Gasteiger partial charge in [0.25, 0.3) is 5.91 Å². The van der Waals surface area contributed by atoms with E-state index in [0.717, 1.165) is 45.4 Å². The lowest BCUT2D eigenvalue weighted by Crippen LogP contribution is -2.39. The minimum atomic E-state index is -0.0505. The molecule has 1 heterocycles. The fourth-order valence-corrected chi connectivity index (χ4v) is 3.88. The van der Waals surface area contributed by atoms with Crippen molar-refractivity contribution in [2.24, 2.45) is 5.92 Å². The summed E-state index contributed by atoms with van der Waals surface area (Å²) in [7, 11) is 0. The fraction of sp³-hybridized carbons (Fsp3) is 0.480. The lowest BCUT2D eigenvalue weighted by Gasteiger charge is -2.32. The van der Waals surface area contributed by atoms with Crippen LogP contribution in [0.25, 0.3) is 0 Å². The van der Waals surface area contributed by atoms with Gasteiger partial charge in [0.2, 0.25) is 0 Å². The highest BCUT2D eigenvalue weighted by molar-refractivity contribution is 5.94. The molecular formula is C25H34N2O3. The van der Waals surface area contributed by atoms with Gasteiger partial charge in [0.05, 0.1) is 13.2 Å². The number of benzene rings is 2. The molecule has 0 spiro atoms. The van der Waals surface area contributed by atoms with Crippen LogP contribution in [0.15, 0.2) is 48.5 Å². The Kier molecular flexibility index (Phi) is 8.57. The molecule has 0 atom stereocenters. The van der Waals surface area contributed by atoms with Gasteiger partial charge in [-0.2, -0.15) is 0 Å². The third kappa shape index (κ3) is 6.49. The summed E-state index contributed by atoms with van der Waals surface area (Å²) in [5.41, 5.74) is 2.01. The number of likely N-dealkylation sites (tertiary alicyclic amines) is 1. The van der Waals surface area contributed by atoms with E-state index in [9.17, 15) is 4.79 Å². The van der Waals surface area contributed by atoms with Crippen LogP contribution in [-0.2, 0) is 6.42 Å². The number of nitrogens with zero attached hydrogens (tertiary/aromatic N) is 1. The van der Waals surface area contributed by atoms with Crippen LogP contribution in [0.2, 0.25) is 0 Å². The van der Waals surface area contributed by atoms with Crippen LogP contribution in [0.4, 0.5) is 0 Å². The molecule has 1 N–H and O–H groups in total. The van der Waals surface area contributed by atoms with E-state index in [1.54, 1.807) is 12.1 Å². The molecule has 1 amide bonds. The van der Waals surface area contributed by atoms with Crippen LogP contribution in [0.5, 0.6) is 11.5 Å². The van der Waals surface area contributed by atoms with Crippen molar-refractivity contribution in [1.82, 2.24) is 10.2 Å². The summed E-state index contributed by atoms with van der Waals surface area (Å²) < 4.78 is 11.2. The lowest BCUT2D eigenvalue weighted by atomic mass is 9.96. The van der Waals surface area contributed by atoms with Crippen molar-refractivity contribution >= 4 is 5.91 Å². The SMILES string of the molecule is CCOc1ccc(C(=O)NCC2CCN(CCc3ccccc3)CC2)cc1OCC. The van der Waals surface area contributed by atoms with Crippen molar-refractivity contribution in [3.8, 4) is 11.5 Å². The molecule has 0 unspecified atom stereocenters. The van der Waals surface area contributed by atoms with E-state index < -0.39 is 0 Å². The number of ether oxygens (including phenoxy) is 2. The molecule has 162 valence electrons. The quantitative estimate of drug-likeness (QED) is 0.639. The second-order valence-electron chi connectivity index (χ2n) is 7.76. The largest absolute Gasteiger partial charge is 0.490 e. The van der Waals surface area contributed by atoms with E-state index in [2.05, 4.69) is 40.5 Å². The summed E-state index contributed by atoms with van der Waals surface area (Å²) in [6.45, 7) is 9.00. The molecule has 0 aliphatic carbocycles. The number of amides is 1. The minimum absolute atomic E-state index is 0.0505. The van der Waals surface area contributed by atoms with Crippen LogP contribution in [-0.4, -0.2) is 50.2 Å². The van der Waals surface area contributed by atoms with E-state index in [1.807, 2.05) is 19.9 Å². The van der Waals surface area contributed by atoms with Crippen molar-refractivity contribution in [3.05, 3.63) is 59.7 Å². The average Bonchev–Trinajstić information content (AvgIpc) is 2.79. The Morgan fingerprint density at radius 3 is 2.40 bits per heavy atom. The third-order valence-electron chi connectivity index (χ3n) is 5.62. The number of piperidine rings is 1. The number of rotatable bonds is 10. The predicted octanol–water partition coefficient (Wildman–Crippen LogP) is 4.17. The molecule has 1 fully saturated rings. The zero-order valence-corrected chi connectivity index (χ0v) is 18.2. The first-order valence-corrected chi connectivity index (χ1v) is 11.1. The highest BCUT2D eigenvalue weighted by Gasteiger charge is 2.20. The third-order valence-corrected chi connectivity index (χ3v) is 5.62. The first-order chi connectivity index (χ1) is 14.7. The molecule has 0 radical (unpaired) electrons. The predicted molar refractivity (Wildman–Crippen MR) is 120 cm³/mol. The van der Waals surface area contributed by atoms with Gasteiger partial charge in [0, 0.05) is 18.7 Å². The van der Waals surface area contributed by atoms with Gasteiger partial charge in [-0.15, -0.1) is 0 Å². The number of hydrogen-bond donors (Lipinski definition) is 1. The Morgan fingerprint density at radius 1 is 1.00 bits per heavy atom. The zero-order chi connectivity index (χ0) is 21.2. The summed E-state index contributed by atoms with van der Waals surface area (Å²) in [4.78, 5) is 15.2. The Morgan fingerprint density at radius 2 is 1.70 bits per heavy atom. The second kappa shape index (κ2) is 11.6. The maximum absolute atomic E-state index is 12.6. The van der Waals surface area contributed by atoms with Crippen LogP contribution in [0, 0.1) is 5.92 Å².